The van der Waals surface area contributed by atoms with Crippen LogP contribution in [0.2, 0.25) is 0 Å². The molecular formula is C15H13FN2O3. The van der Waals surface area contributed by atoms with E-state index >= 15 is 0 Å². The number of halogens is 1. The van der Waals surface area contributed by atoms with Gasteiger partial charge >= 0.3 is 5.97 Å². The highest BCUT2D eigenvalue weighted by molar-refractivity contribution is 5.95. The Morgan fingerprint density at radius 1 is 1.43 bits per heavy atom. The lowest BCUT2D eigenvalue weighted by Gasteiger charge is -2.25. The van der Waals surface area contributed by atoms with Crippen molar-refractivity contribution >= 4 is 11.9 Å². The number of carboxylic acid groups (broad SMARTS) is 1. The number of aromatic nitrogens is 1. The molecule has 1 atom stereocenters. The second kappa shape index (κ2) is 5.05. The summed E-state index contributed by atoms with van der Waals surface area (Å²) in [5.41, 5.74) is 1.31. The first-order valence-electron chi connectivity index (χ1n) is 6.53. The zero-order valence-corrected chi connectivity index (χ0v) is 11.0. The summed E-state index contributed by atoms with van der Waals surface area (Å²) in [6, 6.07) is 7.50. The van der Waals surface area contributed by atoms with Gasteiger partial charge in [-0.1, -0.05) is 18.2 Å². The Morgan fingerprint density at radius 3 is 2.90 bits per heavy atom. The number of nitrogens with zero attached hydrogens (tertiary/aromatic N) is 1. The highest BCUT2D eigenvalue weighted by atomic mass is 19.1. The third-order valence-electron chi connectivity index (χ3n) is 3.57. The predicted molar refractivity (Wildman–Crippen MR) is 73.4 cm³/mol. The SMILES string of the molecule is O=C(O)CC1CNC(=O)c2cc(-c3ccccc3F)cn21. The van der Waals surface area contributed by atoms with Crippen LogP contribution >= 0.6 is 0 Å². The third kappa shape index (κ3) is 2.40. The number of hydrogen-bond acceptors (Lipinski definition) is 2. The van der Waals surface area contributed by atoms with Crippen LogP contribution in [0, 0.1) is 5.82 Å². The lowest BCUT2D eigenvalue weighted by Crippen LogP contribution is -2.39. The molecule has 0 bridgehead atoms. The molecular weight excluding hydrogens is 275 g/mol. The molecule has 1 amide bonds. The van der Waals surface area contributed by atoms with E-state index in [2.05, 4.69) is 5.32 Å². The van der Waals surface area contributed by atoms with Crippen LogP contribution in [0.25, 0.3) is 11.1 Å². The van der Waals surface area contributed by atoms with Crippen molar-refractivity contribution in [2.45, 2.75) is 12.5 Å². The second-order valence-corrected chi connectivity index (χ2v) is 4.96. The van der Waals surface area contributed by atoms with Gasteiger partial charge in [-0.25, -0.2) is 4.39 Å². The van der Waals surface area contributed by atoms with Crippen molar-refractivity contribution < 1.29 is 19.1 Å². The summed E-state index contributed by atoms with van der Waals surface area (Å²) in [5, 5.41) is 11.6. The highest BCUT2D eigenvalue weighted by Crippen LogP contribution is 2.29. The molecule has 0 radical (unpaired) electrons. The van der Waals surface area contributed by atoms with Crippen LogP contribution in [0.4, 0.5) is 4.39 Å². The average Bonchev–Trinajstić information content (AvgIpc) is 2.88. The molecule has 0 aliphatic carbocycles. The fraction of sp³-hybridized carbons (Fsp3) is 0.200. The lowest BCUT2D eigenvalue weighted by molar-refractivity contribution is -0.137. The molecule has 0 saturated heterocycles. The van der Waals surface area contributed by atoms with Crippen molar-refractivity contribution in [1.29, 1.82) is 0 Å². The minimum Gasteiger partial charge on any atom is -0.481 e. The molecule has 0 spiro atoms. The number of hydrogen-bond donors (Lipinski definition) is 2. The van der Waals surface area contributed by atoms with E-state index in [0.717, 1.165) is 0 Å². The van der Waals surface area contributed by atoms with E-state index in [-0.39, 0.29) is 30.7 Å². The number of amides is 1. The number of aliphatic carboxylic acids is 1. The van der Waals surface area contributed by atoms with Crippen molar-refractivity contribution in [3.8, 4) is 11.1 Å². The number of nitrogens with one attached hydrogen (secondary N) is 1. The molecule has 1 aliphatic heterocycles. The van der Waals surface area contributed by atoms with Crippen LogP contribution in [0.15, 0.2) is 36.5 Å². The minimum atomic E-state index is -0.941. The average molecular weight is 288 g/mol. The van der Waals surface area contributed by atoms with Gasteiger partial charge in [0.25, 0.3) is 5.91 Å². The van der Waals surface area contributed by atoms with Gasteiger partial charge in [0.05, 0.1) is 12.5 Å². The zero-order chi connectivity index (χ0) is 15.0. The Morgan fingerprint density at radius 2 is 2.19 bits per heavy atom. The molecule has 0 fully saturated rings. The standard InChI is InChI=1S/C15H13FN2O3/c16-12-4-2-1-3-11(12)9-5-13-15(21)17-7-10(6-14(19)20)18(13)8-9/h1-5,8,10H,6-7H2,(H,17,21)(H,19,20). The Kier molecular flexibility index (Phi) is 3.21. The van der Waals surface area contributed by atoms with Crippen LogP contribution in [0.5, 0.6) is 0 Å². The number of carbonyl (C=O) groups excluding carboxylic acids is 1. The van der Waals surface area contributed by atoms with Gasteiger partial charge in [-0.15, -0.1) is 0 Å². The molecule has 3 rings (SSSR count). The smallest absolute Gasteiger partial charge is 0.305 e. The first-order valence-corrected chi connectivity index (χ1v) is 6.53. The minimum absolute atomic E-state index is 0.0985. The van der Waals surface area contributed by atoms with Crippen molar-refractivity contribution in [3.63, 3.8) is 0 Å². The van der Waals surface area contributed by atoms with E-state index in [1.165, 1.54) is 6.07 Å². The van der Waals surface area contributed by atoms with Crippen molar-refractivity contribution in [2.24, 2.45) is 0 Å². The molecule has 2 heterocycles. The normalized spacial score (nSPS) is 17.2. The van der Waals surface area contributed by atoms with Crippen molar-refractivity contribution in [2.75, 3.05) is 6.54 Å². The largest absolute Gasteiger partial charge is 0.481 e. The summed E-state index contributed by atoms with van der Waals surface area (Å²) >= 11 is 0. The van der Waals surface area contributed by atoms with Gasteiger partial charge in [0.1, 0.15) is 11.5 Å². The summed E-state index contributed by atoms with van der Waals surface area (Å²) in [6.07, 6.45) is 1.54. The van der Waals surface area contributed by atoms with E-state index < -0.39 is 5.97 Å². The Hall–Kier alpha value is -2.63. The molecule has 5 nitrogen and oxygen atoms in total. The van der Waals surface area contributed by atoms with Gasteiger partial charge in [0, 0.05) is 23.9 Å². The molecule has 6 heteroatoms. The number of carbonyl (C=O) groups is 2. The molecule has 21 heavy (non-hydrogen) atoms. The first-order chi connectivity index (χ1) is 10.1. The summed E-state index contributed by atoms with van der Waals surface area (Å²) in [4.78, 5) is 22.8. The molecule has 1 aliphatic rings. The van der Waals surface area contributed by atoms with Crippen LogP contribution in [-0.2, 0) is 4.79 Å². The predicted octanol–water partition coefficient (Wildman–Crippen LogP) is 2.05. The van der Waals surface area contributed by atoms with E-state index in [1.54, 1.807) is 35.0 Å². The quantitative estimate of drug-likeness (QED) is 0.908. The molecule has 2 aromatic rings. The summed E-state index contributed by atoms with van der Waals surface area (Å²) in [7, 11) is 0. The topological polar surface area (TPSA) is 71.3 Å². The van der Waals surface area contributed by atoms with Gasteiger partial charge in [-0.2, -0.15) is 0 Å². The molecule has 1 aromatic carbocycles. The number of rotatable bonds is 3. The fourth-order valence-corrected chi connectivity index (χ4v) is 2.58. The Balaban J connectivity index is 2.06. The maximum Gasteiger partial charge on any atom is 0.305 e. The Bertz CT molecular complexity index is 723. The maximum atomic E-state index is 13.8. The van der Waals surface area contributed by atoms with Crippen molar-refractivity contribution in [3.05, 3.63) is 48.0 Å². The van der Waals surface area contributed by atoms with E-state index in [0.29, 0.717) is 16.8 Å². The first kappa shape index (κ1) is 13.4. The van der Waals surface area contributed by atoms with Crippen LogP contribution in [0.1, 0.15) is 23.0 Å². The highest BCUT2D eigenvalue weighted by Gasteiger charge is 2.27. The van der Waals surface area contributed by atoms with Gasteiger partial charge in [0.2, 0.25) is 0 Å². The number of carboxylic acids is 1. The van der Waals surface area contributed by atoms with Gasteiger partial charge in [-0.05, 0) is 12.1 Å². The molecule has 1 aromatic heterocycles. The van der Waals surface area contributed by atoms with E-state index in [9.17, 15) is 14.0 Å². The van der Waals surface area contributed by atoms with Crippen LogP contribution in [-0.4, -0.2) is 28.1 Å². The van der Waals surface area contributed by atoms with Crippen molar-refractivity contribution in [1.82, 2.24) is 9.88 Å². The Labute approximate surface area is 120 Å². The zero-order valence-electron chi connectivity index (χ0n) is 11.0. The maximum absolute atomic E-state index is 13.8. The summed E-state index contributed by atoms with van der Waals surface area (Å²) < 4.78 is 15.5. The lowest BCUT2D eigenvalue weighted by atomic mass is 10.1. The van der Waals surface area contributed by atoms with Gasteiger partial charge in [0.15, 0.2) is 0 Å². The third-order valence-corrected chi connectivity index (χ3v) is 3.57. The monoisotopic (exact) mass is 288 g/mol. The molecule has 108 valence electrons. The molecule has 0 saturated carbocycles. The number of fused-ring (bicyclic) bond motifs is 1. The van der Waals surface area contributed by atoms with E-state index in [4.69, 9.17) is 5.11 Å². The van der Waals surface area contributed by atoms with Crippen LogP contribution < -0.4 is 5.32 Å². The molecule has 2 N–H and O–H groups in total. The van der Waals surface area contributed by atoms with Crippen LogP contribution in [0.3, 0.4) is 0 Å². The molecule has 1 unspecified atom stereocenters. The van der Waals surface area contributed by atoms with Gasteiger partial charge in [-0.3, -0.25) is 9.59 Å². The fourth-order valence-electron chi connectivity index (χ4n) is 2.58. The second-order valence-electron chi connectivity index (χ2n) is 4.96. The van der Waals surface area contributed by atoms with E-state index in [1.807, 2.05) is 0 Å². The summed E-state index contributed by atoms with van der Waals surface area (Å²) in [5.74, 6) is -1.60. The number of benzene rings is 1. The summed E-state index contributed by atoms with van der Waals surface area (Å²) in [6.45, 7) is 0.253. The van der Waals surface area contributed by atoms with Gasteiger partial charge < -0.3 is 15.0 Å².